The largest absolute Gasteiger partial charge is 0.460 e. The minimum absolute atomic E-state index is 0.191. The van der Waals surface area contributed by atoms with Crippen LogP contribution in [0.25, 0.3) is 11.4 Å². The molecule has 3 aromatic rings. The summed E-state index contributed by atoms with van der Waals surface area (Å²) in [4.78, 5) is 32.1. The first kappa shape index (κ1) is 23.8. The number of carbonyl (C=O) groups excluding carboxylic acids is 1. The van der Waals surface area contributed by atoms with Gasteiger partial charge in [-0.1, -0.05) is 35.9 Å². The molecule has 0 spiro atoms. The van der Waals surface area contributed by atoms with Crippen LogP contribution in [0.2, 0.25) is 5.02 Å². The number of hydrogen-bond donors (Lipinski definition) is 1. The van der Waals surface area contributed by atoms with Crippen molar-refractivity contribution in [2.75, 3.05) is 24.3 Å². The first-order valence-corrected chi connectivity index (χ1v) is 11.7. The van der Waals surface area contributed by atoms with E-state index in [4.69, 9.17) is 21.3 Å². The Morgan fingerprint density at radius 1 is 1.26 bits per heavy atom. The van der Waals surface area contributed by atoms with Gasteiger partial charge in [-0.15, -0.1) is 0 Å². The molecular weight excluding hydrogens is 452 g/mol. The maximum absolute atomic E-state index is 13.6. The monoisotopic (exact) mass is 480 g/mol. The van der Waals surface area contributed by atoms with Crippen molar-refractivity contribution in [3.05, 3.63) is 74.7 Å². The van der Waals surface area contributed by atoms with Crippen molar-refractivity contribution in [2.45, 2.75) is 45.9 Å². The lowest BCUT2D eigenvalue weighted by Crippen LogP contribution is -2.32. The predicted molar refractivity (Wildman–Crippen MR) is 136 cm³/mol. The van der Waals surface area contributed by atoms with E-state index in [1.165, 1.54) is 6.92 Å². The molecule has 8 heteroatoms. The zero-order chi connectivity index (χ0) is 24.6. The average molecular weight is 481 g/mol. The van der Waals surface area contributed by atoms with E-state index in [1.54, 1.807) is 11.5 Å². The summed E-state index contributed by atoms with van der Waals surface area (Å²) in [5.74, 6) is 0.172. The molecule has 1 aliphatic carbocycles. The molecule has 0 unspecified atom stereocenters. The fourth-order valence-corrected chi connectivity index (χ4v) is 4.76. The van der Waals surface area contributed by atoms with Crippen LogP contribution >= 0.6 is 11.6 Å². The average Bonchev–Trinajstić information content (AvgIpc) is 3.12. The second-order valence-electron chi connectivity index (χ2n) is 8.68. The molecule has 0 aliphatic heterocycles. The Kier molecular flexibility index (Phi) is 6.66. The standard InChI is InChI=1S/C26H29ClN4O3/c1-6-31-25(20-12-11-18(30(4)5)14-21(20)27)28-15(2)23(26(31)33)29-24-19-10-8-7-9-17(19)13-22(24)34-16(3)32/h7-12,14,22,24,29H,6,13H2,1-5H3/t22-,24+/m0/s1. The summed E-state index contributed by atoms with van der Waals surface area (Å²) in [5.41, 5.74) is 4.53. The van der Waals surface area contributed by atoms with Crippen molar-refractivity contribution in [2.24, 2.45) is 0 Å². The lowest BCUT2D eigenvalue weighted by molar-refractivity contribution is -0.146. The minimum Gasteiger partial charge on any atom is -0.460 e. The maximum atomic E-state index is 13.6. The van der Waals surface area contributed by atoms with E-state index in [2.05, 4.69) is 5.32 Å². The number of carbonyl (C=O) groups is 1. The number of halogens is 1. The summed E-state index contributed by atoms with van der Waals surface area (Å²) >= 11 is 6.60. The maximum Gasteiger partial charge on any atom is 0.302 e. The summed E-state index contributed by atoms with van der Waals surface area (Å²) in [5, 5.41) is 3.90. The lowest BCUT2D eigenvalue weighted by Gasteiger charge is -2.24. The van der Waals surface area contributed by atoms with Crippen molar-refractivity contribution < 1.29 is 9.53 Å². The van der Waals surface area contributed by atoms with Crippen molar-refractivity contribution in [1.82, 2.24) is 9.55 Å². The smallest absolute Gasteiger partial charge is 0.302 e. The Morgan fingerprint density at radius 2 is 2.00 bits per heavy atom. The number of fused-ring (bicyclic) bond motifs is 1. The normalized spacial score (nSPS) is 16.8. The van der Waals surface area contributed by atoms with E-state index in [-0.39, 0.29) is 17.6 Å². The van der Waals surface area contributed by atoms with Crippen LogP contribution in [0.5, 0.6) is 0 Å². The Bertz CT molecular complexity index is 1300. The molecule has 0 saturated carbocycles. The highest BCUT2D eigenvalue weighted by Crippen LogP contribution is 2.36. The van der Waals surface area contributed by atoms with E-state index in [0.717, 1.165) is 16.8 Å². The van der Waals surface area contributed by atoms with Gasteiger partial charge in [-0.2, -0.15) is 0 Å². The van der Waals surface area contributed by atoms with Gasteiger partial charge in [0.05, 0.1) is 16.8 Å². The zero-order valence-electron chi connectivity index (χ0n) is 20.1. The molecule has 1 heterocycles. The number of anilines is 2. The Hall–Kier alpha value is -3.32. The third kappa shape index (κ3) is 4.40. The molecule has 0 radical (unpaired) electrons. The van der Waals surface area contributed by atoms with E-state index < -0.39 is 6.10 Å². The number of nitrogens with zero attached hydrogens (tertiary/aromatic N) is 3. The SMILES string of the molecule is CCn1c(-c2ccc(N(C)C)cc2Cl)nc(C)c(N[C@@H]2c3ccccc3C[C@@H]2OC(C)=O)c1=O. The number of nitrogens with one attached hydrogen (secondary N) is 1. The molecule has 1 aliphatic rings. The molecule has 1 aromatic heterocycles. The highest BCUT2D eigenvalue weighted by Gasteiger charge is 2.35. The van der Waals surface area contributed by atoms with Gasteiger partial charge in [0.15, 0.2) is 0 Å². The Morgan fingerprint density at radius 3 is 2.65 bits per heavy atom. The first-order valence-electron chi connectivity index (χ1n) is 11.3. The van der Waals surface area contributed by atoms with E-state index in [9.17, 15) is 9.59 Å². The topological polar surface area (TPSA) is 76.5 Å². The third-order valence-electron chi connectivity index (χ3n) is 6.18. The summed E-state index contributed by atoms with van der Waals surface area (Å²) in [7, 11) is 3.89. The number of esters is 1. The van der Waals surface area contributed by atoms with Crippen LogP contribution in [0.1, 0.15) is 36.7 Å². The van der Waals surface area contributed by atoms with Crippen LogP contribution in [0.3, 0.4) is 0 Å². The van der Waals surface area contributed by atoms with Gasteiger partial charge < -0.3 is 15.0 Å². The number of rotatable bonds is 6. The molecule has 7 nitrogen and oxygen atoms in total. The Balaban J connectivity index is 1.77. The van der Waals surface area contributed by atoms with Crippen molar-refractivity contribution in [3.63, 3.8) is 0 Å². The molecule has 2 aromatic carbocycles. The highest BCUT2D eigenvalue weighted by atomic mass is 35.5. The minimum atomic E-state index is -0.406. The quantitative estimate of drug-likeness (QED) is 0.520. The lowest BCUT2D eigenvalue weighted by atomic mass is 10.1. The van der Waals surface area contributed by atoms with Gasteiger partial charge in [0, 0.05) is 45.2 Å². The molecule has 0 amide bonds. The fraction of sp³-hybridized carbons (Fsp3) is 0.346. The molecule has 0 saturated heterocycles. The van der Waals surface area contributed by atoms with Crippen LogP contribution in [0.15, 0.2) is 47.3 Å². The van der Waals surface area contributed by atoms with Crippen LogP contribution in [-0.4, -0.2) is 35.7 Å². The van der Waals surface area contributed by atoms with Crippen molar-refractivity contribution in [3.8, 4) is 11.4 Å². The molecule has 1 N–H and O–H groups in total. The van der Waals surface area contributed by atoms with Crippen LogP contribution in [-0.2, 0) is 22.5 Å². The van der Waals surface area contributed by atoms with Gasteiger partial charge in [-0.3, -0.25) is 14.2 Å². The van der Waals surface area contributed by atoms with Gasteiger partial charge in [0.25, 0.3) is 5.56 Å². The predicted octanol–water partition coefficient (Wildman–Crippen LogP) is 4.60. The highest BCUT2D eigenvalue weighted by molar-refractivity contribution is 6.33. The molecular formula is C26H29ClN4O3. The van der Waals surface area contributed by atoms with Crippen LogP contribution in [0, 0.1) is 6.92 Å². The summed E-state index contributed by atoms with van der Waals surface area (Å²) in [6.07, 6.45) is 0.185. The van der Waals surface area contributed by atoms with Crippen molar-refractivity contribution >= 4 is 28.9 Å². The number of aryl methyl sites for hydroxylation is 1. The van der Waals surface area contributed by atoms with Gasteiger partial charge in [0.2, 0.25) is 0 Å². The first-order chi connectivity index (χ1) is 16.2. The number of hydrogen-bond acceptors (Lipinski definition) is 6. The zero-order valence-corrected chi connectivity index (χ0v) is 20.8. The second kappa shape index (κ2) is 9.50. The molecule has 34 heavy (non-hydrogen) atoms. The summed E-state index contributed by atoms with van der Waals surface area (Å²) in [6.45, 7) is 5.53. The van der Waals surface area contributed by atoms with E-state index in [0.29, 0.717) is 40.8 Å². The number of aromatic nitrogens is 2. The van der Waals surface area contributed by atoms with Gasteiger partial charge in [-0.05, 0) is 43.2 Å². The third-order valence-corrected chi connectivity index (χ3v) is 6.49. The molecule has 4 rings (SSSR count). The van der Waals surface area contributed by atoms with Gasteiger partial charge in [0.1, 0.15) is 17.6 Å². The summed E-state index contributed by atoms with van der Waals surface area (Å²) in [6, 6.07) is 13.3. The molecule has 2 atom stereocenters. The van der Waals surface area contributed by atoms with Gasteiger partial charge in [-0.25, -0.2) is 4.98 Å². The van der Waals surface area contributed by atoms with Crippen LogP contribution < -0.4 is 15.8 Å². The van der Waals surface area contributed by atoms with E-state index >= 15 is 0 Å². The molecule has 0 fully saturated rings. The Labute approximate surface area is 204 Å². The number of ether oxygens (including phenoxy) is 1. The van der Waals surface area contributed by atoms with Crippen molar-refractivity contribution in [1.29, 1.82) is 0 Å². The fourth-order valence-electron chi connectivity index (χ4n) is 4.50. The molecule has 0 bridgehead atoms. The van der Waals surface area contributed by atoms with Gasteiger partial charge >= 0.3 is 5.97 Å². The summed E-state index contributed by atoms with van der Waals surface area (Å²) < 4.78 is 7.22. The second-order valence-corrected chi connectivity index (χ2v) is 9.08. The van der Waals surface area contributed by atoms with E-state index in [1.807, 2.05) is 68.4 Å². The van der Waals surface area contributed by atoms with Crippen LogP contribution in [0.4, 0.5) is 11.4 Å². The molecule has 178 valence electrons. The number of benzene rings is 2.